The summed E-state index contributed by atoms with van der Waals surface area (Å²) in [5.41, 5.74) is 3.77. The first-order valence-electron chi connectivity index (χ1n) is 8.03. The summed E-state index contributed by atoms with van der Waals surface area (Å²) in [5, 5.41) is 0. The summed E-state index contributed by atoms with van der Waals surface area (Å²) in [6, 6.07) is 25.8. The zero-order chi connectivity index (χ0) is 16.9. The standard InChI is InChI=1S/C22H20O2/c1-16-13-14-21(20(15-16)17(2)23)24-22(18-9-5-3-6-10-18)19-11-7-4-8-12-19/h3-15,22H,1-2H3. The van der Waals surface area contributed by atoms with E-state index in [2.05, 4.69) is 0 Å². The zero-order valence-corrected chi connectivity index (χ0v) is 13.9. The third-order valence-corrected chi connectivity index (χ3v) is 3.96. The number of aryl methyl sites for hydroxylation is 1. The summed E-state index contributed by atoms with van der Waals surface area (Å²) < 4.78 is 6.31. The molecule has 0 aliphatic heterocycles. The van der Waals surface area contributed by atoms with E-state index in [1.54, 1.807) is 6.92 Å². The van der Waals surface area contributed by atoms with Crippen LogP contribution in [0.5, 0.6) is 5.75 Å². The van der Waals surface area contributed by atoms with Crippen LogP contribution in [0.4, 0.5) is 0 Å². The van der Waals surface area contributed by atoms with Crippen LogP contribution in [0.1, 0.15) is 40.1 Å². The number of ether oxygens (including phenoxy) is 1. The molecule has 0 bridgehead atoms. The molecule has 2 heteroatoms. The van der Waals surface area contributed by atoms with Gasteiger partial charge in [-0.2, -0.15) is 0 Å². The second kappa shape index (κ2) is 7.14. The van der Waals surface area contributed by atoms with Crippen molar-refractivity contribution in [2.24, 2.45) is 0 Å². The van der Waals surface area contributed by atoms with E-state index < -0.39 is 0 Å². The summed E-state index contributed by atoms with van der Waals surface area (Å²) in [4.78, 5) is 12.0. The Morgan fingerprint density at radius 2 is 1.38 bits per heavy atom. The SMILES string of the molecule is CC(=O)c1cc(C)ccc1OC(c1ccccc1)c1ccccc1. The fourth-order valence-electron chi connectivity index (χ4n) is 2.73. The molecule has 0 aliphatic rings. The second-order valence-electron chi connectivity index (χ2n) is 5.88. The van der Waals surface area contributed by atoms with Crippen LogP contribution in [-0.4, -0.2) is 5.78 Å². The highest BCUT2D eigenvalue weighted by Gasteiger charge is 2.18. The molecule has 120 valence electrons. The van der Waals surface area contributed by atoms with Crippen molar-refractivity contribution in [3.8, 4) is 5.75 Å². The van der Waals surface area contributed by atoms with Crippen LogP contribution in [0.25, 0.3) is 0 Å². The number of hydrogen-bond acceptors (Lipinski definition) is 2. The summed E-state index contributed by atoms with van der Waals surface area (Å²) in [6.07, 6.45) is -0.256. The number of hydrogen-bond donors (Lipinski definition) is 0. The maximum absolute atomic E-state index is 12.0. The van der Waals surface area contributed by atoms with E-state index in [0.717, 1.165) is 16.7 Å². The molecule has 0 saturated heterocycles. The van der Waals surface area contributed by atoms with Crippen LogP contribution in [0.3, 0.4) is 0 Å². The Kier molecular flexibility index (Phi) is 4.76. The van der Waals surface area contributed by atoms with Gasteiger partial charge in [-0.05, 0) is 37.1 Å². The van der Waals surface area contributed by atoms with Gasteiger partial charge < -0.3 is 4.74 Å². The Morgan fingerprint density at radius 1 is 0.833 bits per heavy atom. The highest BCUT2D eigenvalue weighted by molar-refractivity contribution is 5.97. The molecule has 3 aromatic rings. The largest absolute Gasteiger partial charge is 0.480 e. The molecule has 0 saturated carbocycles. The minimum Gasteiger partial charge on any atom is -0.480 e. The van der Waals surface area contributed by atoms with Gasteiger partial charge in [-0.1, -0.05) is 72.3 Å². The molecule has 2 nitrogen and oxygen atoms in total. The molecule has 0 N–H and O–H groups in total. The Balaban J connectivity index is 2.04. The molecule has 0 aliphatic carbocycles. The Labute approximate surface area is 142 Å². The average Bonchev–Trinajstić information content (AvgIpc) is 2.62. The summed E-state index contributed by atoms with van der Waals surface area (Å²) >= 11 is 0. The maximum atomic E-state index is 12.0. The topological polar surface area (TPSA) is 26.3 Å². The molecule has 0 fully saturated rings. The highest BCUT2D eigenvalue weighted by atomic mass is 16.5. The first-order valence-corrected chi connectivity index (χ1v) is 8.03. The molecule has 0 spiro atoms. The van der Waals surface area contributed by atoms with Gasteiger partial charge in [0.05, 0.1) is 5.56 Å². The van der Waals surface area contributed by atoms with Crippen molar-refractivity contribution < 1.29 is 9.53 Å². The second-order valence-corrected chi connectivity index (χ2v) is 5.88. The molecular formula is C22H20O2. The summed E-state index contributed by atoms with van der Waals surface area (Å²) in [6.45, 7) is 3.55. The van der Waals surface area contributed by atoms with Crippen molar-refractivity contribution >= 4 is 5.78 Å². The molecular weight excluding hydrogens is 296 g/mol. The van der Waals surface area contributed by atoms with Gasteiger partial charge in [-0.15, -0.1) is 0 Å². The van der Waals surface area contributed by atoms with Crippen molar-refractivity contribution in [1.82, 2.24) is 0 Å². The van der Waals surface area contributed by atoms with Gasteiger partial charge in [0.2, 0.25) is 0 Å². The van der Waals surface area contributed by atoms with Gasteiger partial charge in [0.25, 0.3) is 0 Å². The predicted molar refractivity (Wildman–Crippen MR) is 96.5 cm³/mol. The van der Waals surface area contributed by atoms with Gasteiger partial charge in [0, 0.05) is 0 Å². The third-order valence-electron chi connectivity index (χ3n) is 3.96. The van der Waals surface area contributed by atoms with E-state index in [1.165, 1.54) is 0 Å². The van der Waals surface area contributed by atoms with Crippen LogP contribution in [0.2, 0.25) is 0 Å². The van der Waals surface area contributed by atoms with E-state index in [1.807, 2.05) is 85.8 Å². The Hall–Kier alpha value is -2.87. The van der Waals surface area contributed by atoms with Gasteiger partial charge in [-0.3, -0.25) is 4.79 Å². The molecule has 3 aromatic carbocycles. The van der Waals surface area contributed by atoms with Gasteiger partial charge in [0.15, 0.2) is 5.78 Å². The molecule has 0 heterocycles. The van der Waals surface area contributed by atoms with Crippen LogP contribution >= 0.6 is 0 Å². The van der Waals surface area contributed by atoms with Crippen LogP contribution < -0.4 is 4.74 Å². The van der Waals surface area contributed by atoms with E-state index >= 15 is 0 Å². The Morgan fingerprint density at radius 3 is 1.88 bits per heavy atom. The third kappa shape index (κ3) is 3.54. The fraction of sp³-hybridized carbons (Fsp3) is 0.136. The lowest BCUT2D eigenvalue weighted by Gasteiger charge is -2.21. The molecule has 0 amide bonds. The molecule has 3 rings (SSSR count). The smallest absolute Gasteiger partial charge is 0.163 e. The number of rotatable bonds is 5. The summed E-state index contributed by atoms with van der Waals surface area (Å²) in [5.74, 6) is 0.624. The highest BCUT2D eigenvalue weighted by Crippen LogP contribution is 2.31. The van der Waals surface area contributed by atoms with Crippen LogP contribution in [0.15, 0.2) is 78.9 Å². The monoisotopic (exact) mass is 316 g/mol. The number of carbonyl (C=O) groups is 1. The molecule has 24 heavy (non-hydrogen) atoms. The Bertz CT molecular complexity index is 784. The lowest BCUT2D eigenvalue weighted by molar-refractivity contribution is 0.101. The fourth-order valence-corrected chi connectivity index (χ4v) is 2.73. The molecule has 0 aromatic heterocycles. The summed E-state index contributed by atoms with van der Waals surface area (Å²) in [7, 11) is 0. The first kappa shape index (κ1) is 16.0. The van der Waals surface area contributed by atoms with E-state index in [0.29, 0.717) is 11.3 Å². The lowest BCUT2D eigenvalue weighted by Crippen LogP contribution is -2.11. The minimum atomic E-state index is -0.256. The average molecular weight is 316 g/mol. The molecule has 0 atom stereocenters. The van der Waals surface area contributed by atoms with Crippen molar-refractivity contribution in [3.05, 3.63) is 101 Å². The number of benzene rings is 3. The quantitative estimate of drug-likeness (QED) is 0.592. The lowest BCUT2D eigenvalue weighted by atomic mass is 10.0. The zero-order valence-electron chi connectivity index (χ0n) is 13.9. The van der Waals surface area contributed by atoms with Crippen LogP contribution in [-0.2, 0) is 0 Å². The van der Waals surface area contributed by atoms with E-state index in [4.69, 9.17) is 4.74 Å². The van der Waals surface area contributed by atoms with Crippen molar-refractivity contribution in [1.29, 1.82) is 0 Å². The predicted octanol–water partition coefficient (Wildman–Crippen LogP) is 5.37. The number of ketones is 1. The van der Waals surface area contributed by atoms with Gasteiger partial charge in [-0.25, -0.2) is 0 Å². The van der Waals surface area contributed by atoms with E-state index in [9.17, 15) is 4.79 Å². The molecule has 0 unspecified atom stereocenters. The molecule has 0 radical (unpaired) electrons. The number of carbonyl (C=O) groups excluding carboxylic acids is 1. The van der Waals surface area contributed by atoms with Gasteiger partial charge in [0.1, 0.15) is 11.9 Å². The van der Waals surface area contributed by atoms with E-state index in [-0.39, 0.29) is 11.9 Å². The maximum Gasteiger partial charge on any atom is 0.163 e. The van der Waals surface area contributed by atoms with Gasteiger partial charge >= 0.3 is 0 Å². The van der Waals surface area contributed by atoms with Crippen molar-refractivity contribution in [2.75, 3.05) is 0 Å². The minimum absolute atomic E-state index is 0.00794. The van der Waals surface area contributed by atoms with Crippen molar-refractivity contribution in [2.45, 2.75) is 20.0 Å². The van der Waals surface area contributed by atoms with Crippen molar-refractivity contribution in [3.63, 3.8) is 0 Å². The number of Topliss-reactive ketones (excluding diaryl/α,β-unsaturated/α-hetero) is 1. The normalized spacial score (nSPS) is 10.6. The first-order chi connectivity index (χ1) is 11.6. The van der Waals surface area contributed by atoms with Crippen LogP contribution in [0, 0.1) is 6.92 Å².